The Morgan fingerprint density at radius 3 is 2.70 bits per heavy atom. The first-order valence-electron chi connectivity index (χ1n) is 11.9. The lowest BCUT2D eigenvalue weighted by molar-refractivity contribution is -0.127. The van der Waals surface area contributed by atoms with E-state index in [1.54, 1.807) is 6.26 Å². The number of hydrogen-bond donors (Lipinski definition) is 1. The van der Waals surface area contributed by atoms with Crippen molar-refractivity contribution >= 4 is 5.91 Å². The van der Waals surface area contributed by atoms with Crippen LogP contribution in [0.3, 0.4) is 0 Å². The molecule has 3 aromatic rings. The van der Waals surface area contributed by atoms with Crippen LogP contribution in [0, 0.1) is 5.92 Å². The van der Waals surface area contributed by atoms with Crippen molar-refractivity contribution in [1.82, 2.24) is 25.0 Å². The predicted octanol–water partition coefficient (Wildman–Crippen LogP) is 2.68. The summed E-state index contributed by atoms with van der Waals surface area (Å²) < 4.78 is 13.1. The fraction of sp³-hybridized carbons (Fsp3) is 0.480. The van der Waals surface area contributed by atoms with E-state index in [1.165, 1.54) is 5.56 Å². The number of rotatable bonds is 7. The third-order valence-corrected chi connectivity index (χ3v) is 6.60. The summed E-state index contributed by atoms with van der Waals surface area (Å²) >= 11 is 0. The minimum Gasteiger partial charge on any atom is -0.464 e. The molecular formula is C25H31N5O3. The maximum atomic E-state index is 12.4. The van der Waals surface area contributed by atoms with E-state index in [0.29, 0.717) is 26.2 Å². The zero-order valence-corrected chi connectivity index (χ0v) is 18.9. The standard InChI is InChI=1S/C25H31N5O3/c31-25(21-9-16-32-17-10-21)26-11-7-23-27-28-24-8-12-29(13-14-30(23)24)18-19-3-5-20(6-4-19)22-2-1-15-33-22/h1-6,15,21H,7-14,16-18H2,(H,26,31). The Balaban J connectivity index is 1.12. The number of nitrogens with zero attached hydrogens (tertiary/aromatic N) is 4. The van der Waals surface area contributed by atoms with Crippen LogP contribution < -0.4 is 5.32 Å². The average molecular weight is 450 g/mol. The molecule has 0 bridgehead atoms. The molecule has 2 aliphatic heterocycles. The minimum absolute atomic E-state index is 0.0796. The van der Waals surface area contributed by atoms with Gasteiger partial charge in [-0.25, -0.2) is 0 Å². The van der Waals surface area contributed by atoms with Crippen molar-refractivity contribution in [2.24, 2.45) is 5.92 Å². The van der Waals surface area contributed by atoms with Crippen LogP contribution in [0.25, 0.3) is 11.3 Å². The molecule has 0 spiro atoms. The van der Waals surface area contributed by atoms with E-state index in [2.05, 4.69) is 49.2 Å². The summed E-state index contributed by atoms with van der Waals surface area (Å²) in [6.45, 7) is 5.65. The second-order valence-electron chi connectivity index (χ2n) is 8.81. The van der Waals surface area contributed by atoms with E-state index >= 15 is 0 Å². The van der Waals surface area contributed by atoms with Gasteiger partial charge in [0.15, 0.2) is 0 Å². The predicted molar refractivity (Wildman–Crippen MR) is 123 cm³/mol. The molecule has 5 rings (SSSR count). The van der Waals surface area contributed by atoms with Crippen molar-refractivity contribution < 1.29 is 13.9 Å². The average Bonchev–Trinajstić information content (AvgIpc) is 3.48. The summed E-state index contributed by atoms with van der Waals surface area (Å²) in [6.07, 6.45) is 4.91. The van der Waals surface area contributed by atoms with Gasteiger partial charge in [0.05, 0.1) is 6.26 Å². The highest BCUT2D eigenvalue weighted by molar-refractivity contribution is 5.78. The SMILES string of the molecule is O=C(NCCc1nnc2n1CCN(Cc1ccc(-c3ccco3)cc1)CC2)C1CCOCC1. The second-order valence-corrected chi connectivity index (χ2v) is 8.81. The lowest BCUT2D eigenvalue weighted by Crippen LogP contribution is -2.35. The van der Waals surface area contributed by atoms with Crippen molar-refractivity contribution in [3.63, 3.8) is 0 Å². The Morgan fingerprint density at radius 2 is 1.91 bits per heavy atom. The fourth-order valence-electron chi connectivity index (χ4n) is 4.65. The molecule has 8 nitrogen and oxygen atoms in total. The van der Waals surface area contributed by atoms with E-state index in [9.17, 15) is 4.79 Å². The van der Waals surface area contributed by atoms with Crippen LogP contribution in [0.2, 0.25) is 0 Å². The molecule has 8 heteroatoms. The molecule has 33 heavy (non-hydrogen) atoms. The van der Waals surface area contributed by atoms with E-state index in [-0.39, 0.29) is 11.8 Å². The van der Waals surface area contributed by atoms with Crippen molar-refractivity contribution in [3.8, 4) is 11.3 Å². The molecule has 1 fully saturated rings. The highest BCUT2D eigenvalue weighted by Crippen LogP contribution is 2.21. The van der Waals surface area contributed by atoms with Gasteiger partial charge in [0, 0.05) is 70.3 Å². The summed E-state index contributed by atoms with van der Waals surface area (Å²) in [5.41, 5.74) is 2.39. The number of carbonyl (C=O) groups excluding carboxylic acids is 1. The number of aromatic nitrogens is 3. The second kappa shape index (κ2) is 10.3. The molecule has 1 amide bonds. The minimum atomic E-state index is 0.0796. The van der Waals surface area contributed by atoms with Gasteiger partial charge in [-0.2, -0.15) is 0 Å². The maximum Gasteiger partial charge on any atom is 0.223 e. The summed E-state index contributed by atoms with van der Waals surface area (Å²) in [5, 5.41) is 11.9. The van der Waals surface area contributed by atoms with Gasteiger partial charge in [-0.15, -0.1) is 10.2 Å². The summed E-state index contributed by atoms with van der Waals surface area (Å²) in [5.74, 6) is 3.11. The number of furan rings is 1. The number of amides is 1. The molecule has 2 aliphatic rings. The molecule has 0 saturated carbocycles. The van der Waals surface area contributed by atoms with Gasteiger partial charge in [0.2, 0.25) is 5.91 Å². The van der Waals surface area contributed by atoms with Gasteiger partial charge in [-0.05, 0) is 30.5 Å². The van der Waals surface area contributed by atoms with Gasteiger partial charge in [0.1, 0.15) is 17.4 Å². The molecule has 1 aromatic carbocycles. The van der Waals surface area contributed by atoms with Crippen LogP contribution in [0.1, 0.15) is 30.1 Å². The Labute approximate surface area is 193 Å². The first-order valence-corrected chi connectivity index (χ1v) is 11.9. The van der Waals surface area contributed by atoms with Crippen LogP contribution in [0.15, 0.2) is 47.1 Å². The van der Waals surface area contributed by atoms with Crippen LogP contribution >= 0.6 is 0 Å². The molecule has 1 saturated heterocycles. The zero-order chi connectivity index (χ0) is 22.5. The Bertz CT molecular complexity index is 1040. The molecule has 0 unspecified atom stereocenters. The zero-order valence-electron chi connectivity index (χ0n) is 18.9. The van der Waals surface area contributed by atoms with Crippen molar-refractivity contribution in [1.29, 1.82) is 0 Å². The normalized spacial score (nSPS) is 17.5. The van der Waals surface area contributed by atoms with Crippen molar-refractivity contribution in [2.45, 2.75) is 38.8 Å². The third kappa shape index (κ3) is 5.34. The molecule has 0 aliphatic carbocycles. The number of ether oxygens (including phenoxy) is 1. The Kier molecular flexibility index (Phi) is 6.83. The van der Waals surface area contributed by atoms with Crippen LogP contribution in [0.5, 0.6) is 0 Å². The highest BCUT2D eigenvalue weighted by Gasteiger charge is 2.22. The van der Waals surface area contributed by atoms with Crippen molar-refractivity contribution in [2.75, 3.05) is 32.8 Å². The molecular weight excluding hydrogens is 418 g/mol. The molecule has 4 heterocycles. The fourth-order valence-corrected chi connectivity index (χ4v) is 4.65. The largest absolute Gasteiger partial charge is 0.464 e. The molecule has 0 atom stereocenters. The molecule has 2 aromatic heterocycles. The Morgan fingerprint density at radius 1 is 1.06 bits per heavy atom. The van der Waals surface area contributed by atoms with E-state index in [1.807, 2.05) is 12.1 Å². The van der Waals surface area contributed by atoms with E-state index < -0.39 is 0 Å². The first-order chi connectivity index (χ1) is 16.3. The summed E-state index contributed by atoms with van der Waals surface area (Å²) in [6, 6.07) is 12.5. The lowest BCUT2D eigenvalue weighted by Gasteiger charge is -2.21. The third-order valence-electron chi connectivity index (χ3n) is 6.60. The van der Waals surface area contributed by atoms with E-state index in [0.717, 1.165) is 68.4 Å². The number of nitrogens with one attached hydrogen (secondary N) is 1. The molecule has 0 radical (unpaired) electrons. The van der Waals surface area contributed by atoms with Gasteiger partial charge in [0.25, 0.3) is 0 Å². The number of carbonyl (C=O) groups is 1. The number of hydrogen-bond acceptors (Lipinski definition) is 6. The highest BCUT2D eigenvalue weighted by atomic mass is 16.5. The lowest BCUT2D eigenvalue weighted by atomic mass is 9.99. The van der Waals surface area contributed by atoms with Gasteiger partial charge in [-0.1, -0.05) is 24.3 Å². The van der Waals surface area contributed by atoms with E-state index in [4.69, 9.17) is 9.15 Å². The Hall–Kier alpha value is -2.97. The molecule has 174 valence electrons. The number of fused-ring (bicyclic) bond motifs is 1. The number of benzene rings is 1. The molecule has 1 N–H and O–H groups in total. The smallest absolute Gasteiger partial charge is 0.223 e. The van der Waals surface area contributed by atoms with Crippen LogP contribution in [-0.2, 0) is 35.5 Å². The van der Waals surface area contributed by atoms with Crippen LogP contribution in [0.4, 0.5) is 0 Å². The first kappa shape index (κ1) is 21.9. The van der Waals surface area contributed by atoms with Crippen molar-refractivity contribution in [3.05, 3.63) is 59.9 Å². The monoisotopic (exact) mass is 449 g/mol. The maximum absolute atomic E-state index is 12.4. The quantitative estimate of drug-likeness (QED) is 0.597. The topological polar surface area (TPSA) is 85.4 Å². The summed E-state index contributed by atoms with van der Waals surface area (Å²) in [4.78, 5) is 14.8. The van der Waals surface area contributed by atoms with Gasteiger partial charge < -0.3 is 19.0 Å². The van der Waals surface area contributed by atoms with Crippen LogP contribution in [-0.4, -0.2) is 58.4 Å². The van der Waals surface area contributed by atoms with Gasteiger partial charge >= 0.3 is 0 Å². The summed E-state index contributed by atoms with van der Waals surface area (Å²) in [7, 11) is 0. The van der Waals surface area contributed by atoms with Gasteiger partial charge in [-0.3, -0.25) is 9.69 Å².